The molecule has 0 amide bonds. The minimum atomic E-state index is 0.500. The van der Waals surface area contributed by atoms with Crippen molar-refractivity contribution in [3.05, 3.63) is 17.7 Å². The monoisotopic (exact) mass is 182 g/mol. The van der Waals surface area contributed by atoms with Crippen molar-refractivity contribution in [2.75, 3.05) is 0 Å². The second-order valence-corrected chi connectivity index (χ2v) is 5.04. The molecule has 76 valence electrons. The normalized spacial score (nSPS) is 10.7. The summed E-state index contributed by atoms with van der Waals surface area (Å²) < 4.78 is 2.01. The maximum atomic E-state index is 4.17. The van der Waals surface area contributed by atoms with Gasteiger partial charge < -0.3 is 4.57 Å². The van der Waals surface area contributed by atoms with Gasteiger partial charge in [-0.1, -0.05) is 27.7 Å². The molecule has 0 atom stereocenters. The maximum Gasteiger partial charge on any atom is 0.105 e. The molecular weight excluding hydrogens is 160 g/mol. The number of hydrogen-bond acceptors (Lipinski definition) is 1. The molecule has 0 unspecified atom stereocenters. The van der Waals surface area contributed by atoms with E-state index in [9.17, 15) is 0 Å². The summed E-state index contributed by atoms with van der Waals surface area (Å²) in [5.41, 5.74) is 1.59. The average Bonchev–Trinajstić information content (AvgIpc) is 2.05. The number of imidazole rings is 1. The Bertz CT molecular complexity index is 228. The van der Waals surface area contributed by atoms with Gasteiger partial charge in [0.15, 0.2) is 0 Å². The molecule has 0 N–H and O–H groups in total. The molecule has 1 heterocycles. The summed E-state index contributed by atoms with van der Waals surface area (Å²) in [5, 5.41) is 0. The Hall–Kier alpha value is -0.790. The Kier molecular flexibility index (Phi) is 4.18. The van der Waals surface area contributed by atoms with Crippen molar-refractivity contribution in [2.45, 2.75) is 41.5 Å². The third-order valence-electron chi connectivity index (χ3n) is 1.23. The van der Waals surface area contributed by atoms with Crippen LogP contribution in [-0.2, 0) is 7.05 Å². The van der Waals surface area contributed by atoms with Gasteiger partial charge in [0, 0.05) is 13.2 Å². The highest BCUT2D eigenvalue weighted by molar-refractivity contribution is 4.98. The van der Waals surface area contributed by atoms with E-state index in [-0.39, 0.29) is 0 Å². The van der Waals surface area contributed by atoms with Crippen LogP contribution in [0, 0.1) is 19.3 Å². The van der Waals surface area contributed by atoms with Crippen molar-refractivity contribution in [3.63, 3.8) is 0 Å². The van der Waals surface area contributed by atoms with Crippen LogP contribution in [0.15, 0.2) is 6.20 Å². The maximum absolute atomic E-state index is 4.17. The lowest BCUT2D eigenvalue weighted by molar-refractivity contribution is 0.469. The third kappa shape index (κ3) is 7.57. The number of aromatic nitrogens is 2. The van der Waals surface area contributed by atoms with Crippen LogP contribution in [0.4, 0.5) is 0 Å². The third-order valence-corrected chi connectivity index (χ3v) is 1.23. The van der Waals surface area contributed by atoms with Gasteiger partial charge in [-0.05, 0) is 19.3 Å². The van der Waals surface area contributed by atoms with Gasteiger partial charge in [-0.25, -0.2) is 4.98 Å². The quantitative estimate of drug-likeness (QED) is 0.603. The van der Waals surface area contributed by atoms with E-state index in [1.165, 1.54) is 0 Å². The Morgan fingerprint density at radius 2 is 1.54 bits per heavy atom. The van der Waals surface area contributed by atoms with E-state index < -0.39 is 0 Å². The van der Waals surface area contributed by atoms with E-state index in [0.717, 1.165) is 11.5 Å². The first-order valence-electron chi connectivity index (χ1n) is 4.66. The van der Waals surface area contributed by atoms with Crippen molar-refractivity contribution in [2.24, 2.45) is 12.5 Å². The van der Waals surface area contributed by atoms with E-state index in [1.54, 1.807) is 0 Å². The second-order valence-electron chi connectivity index (χ2n) is 5.04. The molecule has 2 nitrogen and oxygen atoms in total. The Morgan fingerprint density at radius 1 is 1.15 bits per heavy atom. The van der Waals surface area contributed by atoms with Gasteiger partial charge in [0.2, 0.25) is 0 Å². The molecule has 1 aromatic heterocycles. The minimum absolute atomic E-state index is 0.500. The zero-order valence-corrected chi connectivity index (χ0v) is 9.97. The molecule has 0 aliphatic rings. The standard InChI is InChI=1S/C6H10N2.C5H12/c1-5-4-8(3)6(2)7-5;1-5(2,3)4/h4H,1-3H3;1-4H3. The van der Waals surface area contributed by atoms with Gasteiger partial charge in [-0.15, -0.1) is 0 Å². The molecule has 0 aliphatic carbocycles. The fourth-order valence-corrected chi connectivity index (χ4v) is 0.737. The number of rotatable bonds is 0. The van der Waals surface area contributed by atoms with E-state index in [0.29, 0.717) is 5.41 Å². The zero-order valence-electron chi connectivity index (χ0n) is 9.97. The van der Waals surface area contributed by atoms with Gasteiger partial charge >= 0.3 is 0 Å². The molecule has 0 fully saturated rings. The second kappa shape index (κ2) is 4.45. The molecule has 0 saturated carbocycles. The summed E-state index contributed by atoms with van der Waals surface area (Å²) in [4.78, 5) is 4.17. The molecule has 0 aliphatic heterocycles. The number of hydrogen-bond donors (Lipinski definition) is 0. The van der Waals surface area contributed by atoms with Crippen LogP contribution < -0.4 is 0 Å². The fraction of sp³-hybridized carbons (Fsp3) is 0.727. The van der Waals surface area contributed by atoms with Crippen LogP contribution in [0.1, 0.15) is 39.2 Å². The van der Waals surface area contributed by atoms with Crippen LogP contribution in [0.2, 0.25) is 0 Å². The molecule has 0 bridgehead atoms. The van der Waals surface area contributed by atoms with Gasteiger partial charge in [-0.3, -0.25) is 0 Å². The average molecular weight is 182 g/mol. The summed E-state index contributed by atoms with van der Waals surface area (Å²) in [7, 11) is 2.00. The Balaban J connectivity index is 0.000000252. The predicted octanol–water partition coefficient (Wildman–Crippen LogP) is 3.09. The van der Waals surface area contributed by atoms with Crippen LogP contribution in [0.25, 0.3) is 0 Å². The lowest BCUT2D eigenvalue weighted by Crippen LogP contribution is -1.93. The number of aryl methyl sites for hydroxylation is 3. The highest BCUT2D eigenvalue weighted by Crippen LogP contribution is 2.08. The Labute approximate surface area is 82.0 Å². The lowest BCUT2D eigenvalue weighted by atomic mass is 10.0. The van der Waals surface area contributed by atoms with Crippen molar-refractivity contribution < 1.29 is 0 Å². The smallest absolute Gasteiger partial charge is 0.105 e. The SMILES string of the molecule is CC(C)(C)C.Cc1cn(C)c(C)n1. The van der Waals surface area contributed by atoms with Crippen molar-refractivity contribution in [1.29, 1.82) is 0 Å². The molecule has 0 saturated heterocycles. The highest BCUT2D eigenvalue weighted by Gasteiger charge is 1.95. The number of nitrogens with zero attached hydrogens (tertiary/aromatic N) is 2. The van der Waals surface area contributed by atoms with Gasteiger partial charge in [0.05, 0.1) is 5.69 Å². The predicted molar refractivity (Wildman–Crippen MR) is 57.8 cm³/mol. The molecule has 1 aromatic rings. The molecule has 13 heavy (non-hydrogen) atoms. The van der Waals surface area contributed by atoms with Crippen molar-refractivity contribution in [3.8, 4) is 0 Å². The fourth-order valence-electron chi connectivity index (χ4n) is 0.737. The molecule has 0 aromatic carbocycles. The molecule has 1 rings (SSSR count). The molecule has 0 spiro atoms. The van der Waals surface area contributed by atoms with Crippen LogP contribution in [0.3, 0.4) is 0 Å². The molecular formula is C11H22N2. The van der Waals surface area contributed by atoms with Crippen LogP contribution in [0.5, 0.6) is 0 Å². The van der Waals surface area contributed by atoms with Crippen LogP contribution >= 0.6 is 0 Å². The first-order valence-corrected chi connectivity index (χ1v) is 4.66. The first kappa shape index (κ1) is 12.2. The Morgan fingerprint density at radius 3 is 1.62 bits per heavy atom. The van der Waals surface area contributed by atoms with Gasteiger partial charge in [0.1, 0.15) is 5.82 Å². The minimum Gasteiger partial charge on any atom is -0.338 e. The molecule has 2 heteroatoms. The summed E-state index contributed by atoms with van der Waals surface area (Å²) in [5.74, 6) is 1.07. The lowest BCUT2D eigenvalue weighted by Gasteiger charge is -2.05. The summed E-state index contributed by atoms with van der Waals surface area (Å²) >= 11 is 0. The summed E-state index contributed by atoms with van der Waals surface area (Å²) in [6, 6.07) is 0. The largest absolute Gasteiger partial charge is 0.338 e. The van der Waals surface area contributed by atoms with Gasteiger partial charge in [0.25, 0.3) is 0 Å². The van der Waals surface area contributed by atoms with Crippen LogP contribution in [-0.4, -0.2) is 9.55 Å². The van der Waals surface area contributed by atoms with E-state index in [2.05, 4.69) is 32.7 Å². The van der Waals surface area contributed by atoms with E-state index in [4.69, 9.17) is 0 Å². The first-order chi connectivity index (χ1) is 5.70. The summed E-state index contributed by atoms with van der Waals surface area (Å²) in [6.07, 6.45) is 2.01. The van der Waals surface area contributed by atoms with E-state index >= 15 is 0 Å². The molecule has 0 radical (unpaired) electrons. The zero-order chi connectivity index (χ0) is 10.6. The highest BCUT2D eigenvalue weighted by atomic mass is 15.0. The van der Waals surface area contributed by atoms with Crippen molar-refractivity contribution >= 4 is 0 Å². The summed E-state index contributed by atoms with van der Waals surface area (Å²) in [6.45, 7) is 12.7. The van der Waals surface area contributed by atoms with E-state index in [1.807, 2.05) is 31.7 Å². The van der Waals surface area contributed by atoms with Crippen molar-refractivity contribution in [1.82, 2.24) is 9.55 Å². The topological polar surface area (TPSA) is 17.8 Å². The van der Waals surface area contributed by atoms with Gasteiger partial charge in [-0.2, -0.15) is 0 Å².